The second kappa shape index (κ2) is 7.20. The van der Waals surface area contributed by atoms with Gasteiger partial charge in [-0.25, -0.2) is 0 Å². The Morgan fingerprint density at radius 1 is 1.05 bits per heavy atom. The van der Waals surface area contributed by atoms with Crippen molar-refractivity contribution in [3.63, 3.8) is 0 Å². The Labute approximate surface area is 130 Å². The highest BCUT2D eigenvalue weighted by Crippen LogP contribution is 2.35. The molecule has 22 heavy (non-hydrogen) atoms. The largest absolute Gasteiger partial charge is 0.441 e. The predicted octanol–water partition coefficient (Wildman–Crippen LogP) is 1.39. The lowest BCUT2D eigenvalue weighted by molar-refractivity contribution is 0.281. The fraction of sp³-hybridized carbons (Fsp3) is 0.375. The van der Waals surface area contributed by atoms with Crippen LogP contribution in [0.25, 0.3) is 11.3 Å². The van der Waals surface area contributed by atoms with Crippen LogP contribution in [0.15, 0.2) is 34.7 Å². The van der Waals surface area contributed by atoms with Crippen molar-refractivity contribution in [1.82, 2.24) is 0 Å². The first-order chi connectivity index (χ1) is 10.6. The van der Waals surface area contributed by atoms with Gasteiger partial charge in [0.2, 0.25) is 0 Å². The summed E-state index contributed by atoms with van der Waals surface area (Å²) in [6.07, 6.45) is 0. The van der Waals surface area contributed by atoms with Crippen LogP contribution in [0.3, 0.4) is 0 Å². The van der Waals surface area contributed by atoms with Gasteiger partial charge in [-0.1, -0.05) is 0 Å². The molecule has 0 atom stereocenters. The Hall–Kier alpha value is -2.18. The lowest BCUT2D eigenvalue weighted by Crippen LogP contribution is -2.30. The van der Waals surface area contributed by atoms with Crippen LogP contribution in [-0.2, 0) is 0 Å². The van der Waals surface area contributed by atoms with Gasteiger partial charge in [0, 0.05) is 50.2 Å². The molecule has 0 fully saturated rings. The minimum Gasteiger partial charge on any atom is -0.441 e. The molecule has 0 radical (unpaired) electrons. The molecule has 0 aliphatic heterocycles. The molecular weight excluding hydrogens is 282 g/mol. The molecule has 2 rings (SSSR count). The Morgan fingerprint density at radius 2 is 1.73 bits per heavy atom. The third-order valence-corrected chi connectivity index (χ3v) is 3.40. The van der Waals surface area contributed by atoms with Crippen LogP contribution in [0.4, 0.5) is 17.3 Å². The van der Waals surface area contributed by atoms with Gasteiger partial charge in [0.25, 0.3) is 0 Å². The van der Waals surface area contributed by atoms with Crippen molar-refractivity contribution in [1.29, 1.82) is 0 Å². The summed E-state index contributed by atoms with van der Waals surface area (Å²) in [5, 5.41) is 18.5. The second-order valence-electron chi connectivity index (χ2n) is 5.24. The van der Waals surface area contributed by atoms with E-state index in [0.717, 1.165) is 17.1 Å². The average Bonchev–Trinajstić information content (AvgIpc) is 2.97. The maximum absolute atomic E-state index is 9.24. The fourth-order valence-corrected chi connectivity index (χ4v) is 2.33. The number of benzene rings is 1. The second-order valence-corrected chi connectivity index (χ2v) is 5.24. The van der Waals surface area contributed by atoms with E-state index in [0.29, 0.717) is 24.5 Å². The van der Waals surface area contributed by atoms with Crippen LogP contribution in [0.1, 0.15) is 0 Å². The molecule has 6 nitrogen and oxygen atoms in total. The first kappa shape index (κ1) is 16.2. The van der Waals surface area contributed by atoms with E-state index < -0.39 is 0 Å². The molecule has 0 amide bonds. The summed E-state index contributed by atoms with van der Waals surface area (Å²) in [5.41, 5.74) is 8.26. The maximum Gasteiger partial charge on any atom is 0.195 e. The van der Waals surface area contributed by atoms with Crippen molar-refractivity contribution in [2.24, 2.45) is 0 Å². The topological polar surface area (TPSA) is 86.1 Å². The van der Waals surface area contributed by atoms with Crippen LogP contribution in [0, 0.1) is 0 Å². The highest BCUT2D eigenvalue weighted by Gasteiger charge is 2.16. The molecule has 1 aromatic heterocycles. The van der Waals surface area contributed by atoms with E-state index in [4.69, 9.17) is 10.2 Å². The summed E-state index contributed by atoms with van der Waals surface area (Å²) in [6.45, 7) is 0.868. The molecular formula is C16H23N3O3. The molecule has 2 aromatic rings. The van der Waals surface area contributed by atoms with E-state index in [-0.39, 0.29) is 13.2 Å². The molecule has 0 saturated carbocycles. The minimum atomic E-state index is 0.00488. The third-order valence-electron chi connectivity index (χ3n) is 3.40. The summed E-state index contributed by atoms with van der Waals surface area (Å²) in [7, 11) is 3.82. The standard InChI is InChI=1S/C16H23N3O3/c1-18(2)16-6-5-15(22-16)13-11-12(17)3-4-14(13)19(7-9-20)8-10-21/h3-6,11,20-21H,7-10,17H2,1-2H3. The summed E-state index contributed by atoms with van der Waals surface area (Å²) < 4.78 is 5.85. The maximum atomic E-state index is 9.24. The Balaban J connectivity index is 2.46. The summed E-state index contributed by atoms with van der Waals surface area (Å²) in [6, 6.07) is 9.31. The molecule has 0 bridgehead atoms. The van der Waals surface area contributed by atoms with E-state index in [1.54, 1.807) is 6.07 Å². The SMILES string of the molecule is CN(C)c1ccc(-c2cc(N)ccc2N(CCO)CCO)o1. The molecule has 0 spiro atoms. The highest BCUT2D eigenvalue weighted by atomic mass is 16.4. The van der Waals surface area contributed by atoms with Crippen LogP contribution in [0.5, 0.6) is 0 Å². The summed E-state index contributed by atoms with van der Waals surface area (Å²) in [5.74, 6) is 1.45. The lowest BCUT2D eigenvalue weighted by atomic mass is 10.1. The minimum absolute atomic E-state index is 0.00488. The fourth-order valence-electron chi connectivity index (χ4n) is 2.33. The van der Waals surface area contributed by atoms with Crippen LogP contribution < -0.4 is 15.5 Å². The van der Waals surface area contributed by atoms with Gasteiger partial charge < -0.3 is 30.2 Å². The molecule has 120 valence electrons. The van der Waals surface area contributed by atoms with Gasteiger partial charge in [-0.05, 0) is 24.3 Å². The summed E-state index contributed by atoms with van der Waals surface area (Å²) in [4.78, 5) is 3.79. The quantitative estimate of drug-likeness (QED) is 0.670. The number of hydrogen-bond donors (Lipinski definition) is 3. The van der Waals surface area contributed by atoms with Crippen molar-refractivity contribution < 1.29 is 14.6 Å². The first-order valence-corrected chi connectivity index (χ1v) is 7.20. The van der Waals surface area contributed by atoms with Gasteiger partial charge in [-0.3, -0.25) is 0 Å². The van der Waals surface area contributed by atoms with Crippen LogP contribution in [0.2, 0.25) is 0 Å². The Bertz CT molecular complexity index is 604. The van der Waals surface area contributed by atoms with E-state index in [1.165, 1.54) is 0 Å². The van der Waals surface area contributed by atoms with Gasteiger partial charge in [-0.15, -0.1) is 0 Å². The molecule has 4 N–H and O–H groups in total. The first-order valence-electron chi connectivity index (χ1n) is 7.20. The third kappa shape index (κ3) is 3.52. The molecule has 0 saturated heterocycles. The number of furan rings is 1. The average molecular weight is 305 g/mol. The highest BCUT2D eigenvalue weighted by molar-refractivity contribution is 5.79. The van der Waals surface area contributed by atoms with E-state index >= 15 is 0 Å². The normalized spacial score (nSPS) is 10.7. The van der Waals surface area contributed by atoms with E-state index in [2.05, 4.69) is 0 Å². The number of rotatable bonds is 7. The van der Waals surface area contributed by atoms with Crippen molar-refractivity contribution in [2.75, 3.05) is 55.9 Å². The summed E-state index contributed by atoms with van der Waals surface area (Å²) >= 11 is 0. The van der Waals surface area contributed by atoms with Crippen molar-refractivity contribution in [3.05, 3.63) is 30.3 Å². The van der Waals surface area contributed by atoms with Crippen LogP contribution >= 0.6 is 0 Å². The zero-order valence-electron chi connectivity index (χ0n) is 13.0. The van der Waals surface area contributed by atoms with E-state index in [1.807, 2.05) is 48.2 Å². The number of aliphatic hydroxyl groups is 2. The molecule has 0 aliphatic carbocycles. The van der Waals surface area contributed by atoms with Crippen LogP contribution in [-0.4, -0.2) is 50.6 Å². The number of hydrogen-bond acceptors (Lipinski definition) is 6. The number of anilines is 3. The molecule has 6 heteroatoms. The van der Waals surface area contributed by atoms with Gasteiger partial charge in [0.15, 0.2) is 5.88 Å². The predicted molar refractivity (Wildman–Crippen MR) is 89.3 cm³/mol. The lowest BCUT2D eigenvalue weighted by Gasteiger charge is -2.25. The van der Waals surface area contributed by atoms with Gasteiger partial charge in [-0.2, -0.15) is 0 Å². The van der Waals surface area contributed by atoms with Gasteiger partial charge >= 0.3 is 0 Å². The molecule has 0 aliphatic rings. The van der Waals surface area contributed by atoms with Gasteiger partial charge in [0.1, 0.15) is 5.76 Å². The Morgan fingerprint density at radius 3 is 2.27 bits per heavy atom. The Kier molecular flexibility index (Phi) is 5.30. The molecule has 1 heterocycles. The number of nitrogen functional groups attached to an aromatic ring is 1. The smallest absolute Gasteiger partial charge is 0.195 e. The molecule has 1 aromatic carbocycles. The number of nitrogens with zero attached hydrogens (tertiary/aromatic N) is 2. The zero-order valence-corrected chi connectivity index (χ0v) is 13.0. The van der Waals surface area contributed by atoms with Crippen molar-refractivity contribution in [2.45, 2.75) is 0 Å². The van der Waals surface area contributed by atoms with Crippen molar-refractivity contribution in [3.8, 4) is 11.3 Å². The number of aliphatic hydroxyl groups excluding tert-OH is 2. The van der Waals surface area contributed by atoms with Gasteiger partial charge in [0.05, 0.1) is 13.2 Å². The monoisotopic (exact) mass is 305 g/mol. The molecule has 0 unspecified atom stereocenters. The van der Waals surface area contributed by atoms with E-state index in [9.17, 15) is 10.2 Å². The van der Waals surface area contributed by atoms with Crippen molar-refractivity contribution >= 4 is 17.3 Å². The number of nitrogens with two attached hydrogens (primary N) is 1. The zero-order chi connectivity index (χ0) is 16.1.